The maximum atomic E-state index is 12.5. The lowest BCUT2D eigenvalue weighted by Gasteiger charge is -2.15. The molecule has 0 saturated heterocycles. The van der Waals surface area contributed by atoms with E-state index in [0.717, 1.165) is 68.1 Å². The third-order valence-corrected chi connectivity index (χ3v) is 5.63. The lowest BCUT2D eigenvalue weighted by molar-refractivity contribution is -0.170. The Morgan fingerprint density at radius 3 is 2.21 bits per heavy atom. The number of hydrogen-bond donors (Lipinski definition) is 2. The van der Waals surface area contributed by atoms with Gasteiger partial charge < -0.3 is 15.0 Å². The predicted octanol–water partition coefficient (Wildman–Crippen LogP) is 5.84. The van der Waals surface area contributed by atoms with Crippen molar-refractivity contribution in [1.82, 2.24) is 15.2 Å². The Labute approximate surface area is 207 Å². The molecule has 0 saturated carbocycles. The molecule has 0 spiro atoms. The van der Waals surface area contributed by atoms with Gasteiger partial charge in [0, 0.05) is 23.5 Å². The molecule has 9 heteroatoms. The highest BCUT2D eigenvalue weighted by atomic mass is 32.1. The first-order chi connectivity index (χ1) is 16.1. The van der Waals surface area contributed by atoms with Crippen molar-refractivity contribution in [2.45, 2.75) is 73.5 Å². The minimum Gasteiger partial charge on any atom is -0.420 e. The van der Waals surface area contributed by atoms with Crippen LogP contribution < -0.4 is 15.8 Å². The van der Waals surface area contributed by atoms with Crippen molar-refractivity contribution in [1.29, 1.82) is 0 Å². The number of carbonyl (C=O) groups excluding carboxylic acids is 1. The molecule has 0 aliphatic rings. The highest BCUT2D eigenvalue weighted by Crippen LogP contribution is 2.30. The van der Waals surface area contributed by atoms with Gasteiger partial charge in [0.15, 0.2) is 0 Å². The Hall–Kier alpha value is -2.10. The van der Waals surface area contributed by atoms with Crippen LogP contribution in [0.1, 0.15) is 64.5 Å². The number of hydrogen-bond acceptors (Lipinski definition) is 6. The second kappa shape index (κ2) is 18.3. The number of aryl methyl sites for hydroxylation is 2. The molecule has 1 aromatic heterocycles. The number of nitrogens with zero attached hydrogens (tertiary/aromatic N) is 2. The molecule has 194 valence electrons. The van der Waals surface area contributed by atoms with Crippen molar-refractivity contribution in [3.8, 4) is 16.3 Å². The van der Waals surface area contributed by atoms with E-state index in [0.29, 0.717) is 0 Å². The van der Waals surface area contributed by atoms with E-state index < -0.39 is 6.23 Å². The van der Waals surface area contributed by atoms with E-state index in [4.69, 9.17) is 0 Å². The van der Waals surface area contributed by atoms with Crippen molar-refractivity contribution < 1.29 is 18.3 Å². The maximum absolute atomic E-state index is 12.5. The van der Waals surface area contributed by atoms with Crippen molar-refractivity contribution in [3.05, 3.63) is 34.8 Å². The fourth-order valence-corrected chi connectivity index (χ4v) is 3.80. The van der Waals surface area contributed by atoms with Crippen LogP contribution in [0.15, 0.2) is 24.3 Å². The molecule has 0 atom stereocenters. The van der Waals surface area contributed by atoms with Crippen molar-refractivity contribution >= 4 is 17.7 Å². The SMILES string of the molecule is CCC.CCCN(C=O)CCCNCC.CCc1sc(-c2ccc(OC(N)(F)F)cc2)nc1C. The van der Waals surface area contributed by atoms with Gasteiger partial charge in [0.25, 0.3) is 0 Å². The van der Waals surface area contributed by atoms with Crippen LogP contribution in [0.3, 0.4) is 0 Å². The summed E-state index contributed by atoms with van der Waals surface area (Å²) in [5.74, 6) is 0.0280. The number of halogens is 2. The third kappa shape index (κ3) is 14.2. The molecule has 3 N–H and O–H groups in total. The van der Waals surface area contributed by atoms with Crippen molar-refractivity contribution in [3.63, 3.8) is 0 Å². The number of amides is 1. The first-order valence-electron chi connectivity index (χ1n) is 12.0. The van der Waals surface area contributed by atoms with Gasteiger partial charge in [-0.1, -0.05) is 41.0 Å². The molecule has 1 amide bonds. The minimum absolute atomic E-state index is 0.0280. The molecular formula is C25H42F2N4O2S. The van der Waals surface area contributed by atoms with Gasteiger partial charge in [-0.3, -0.25) is 4.79 Å². The summed E-state index contributed by atoms with van der Waals surface area (Å²) in [4.78, 5) is 18.0. The number of thiazole rings is 1. The third-order valence-electron chi connectivity index (χ3n) is 4.28. The standard InChI is InChI=1S/C13H14F2N2OS.C9H20N2O.C3H8/c1-3-11-8(2)17-12(19-11)9-4-6-10(7-5-9)18-13(14,15)16;1-3-7-11(9-12)8-5-6-10-4-2;1-3-2/h4-7H,3,16H2,1-2H3;9-10H,3-8H2,1-2H3;3H2,1-2H3. The van der Waals surface area contributed by atoms with Crippen LogP contribution in [0.25, 0.3) is 10.6 Å². The van der Waals surface area contributed by atoms with Gasteiger partial charge in [0.05, 0.1) is 5.69 Å². The van der Waals surface area contributed by atoms with Crippen molar-refractivity contribution in [2.75, 3.05) is 26.2 Å². The molecule has 2 rings (SSSR count). The molecule has 2 aromatic rings. The summed E-state index contributed by atoms with van der Waals surface area (Å²) < 4.78 is 29.2. The van der Waals surface area contributed by atoms with E-state index in [-0.39, 0.29) is 5.75 Å². The molecule has 0 unspecified atom stereocenters. The maximum Gasteiger partial charge on any atom is 0.466 e. The smallest absolute Gasteiger partial charge is 0.420 e. The zero-order valence-corrected chi connectivity index (χ0v) is 22.3. The van der Waals surface area contributed by atoms with E-state index in [2.05, 4.69) is 55.4 Å². The van der Waals surface area contributed by atoms with Crippen LogP contribution >= 0.6 is 11.3 Å². The van der Waals surface area contributed by atoms with Crippen molar-refractivity contribution in [2.24, 2.45) is 5.73 Å². The molecule has 34 heavy (non-hydrogen) atoms. The van der Waals surface area contributed by atoms with Crippen LogP contribution in [-0.4, -0.2) is 48.7 Å². The van der Waals surface area contributed by atoms with Crippen LogP contribution in [0.5, 0.6) is 5.75 Å². The van der Waals surface area contributed by atoms with E-state index >= 15 is 0 Å². The number of carbonyl (C=O) groups is 1. The number of aromatic nitrogens is 1. The van der Waals surface area contributed by atoms with Crippen LogP contribution in [0, 0.1) is 6.92 Å². The summed E-state index contributed by atoms with van der Waals surface area (Å²) in [5.41, 5.74) is 6.38. The quantitative estimate of drug-likeness (QED) is 0.166. The summed E-state index contributed by atoms with van der Waals surface area (Å²) in [7, 11) is 0. The van der Waals surface area contributed by atoms with E-state index in [1.54, 1.807) is 23.5 Å². The van der Waals surface area contributed by atoms with Gasteiger partial charge in [0.1, 0.15) is 10.8 Å². The number of alkyl halides is 2. The topological polar surface area (TPSA) is 80.5 Å². The first-order valence-corrected chi connectivity index (χ1v) is 12.8. The Balaban J connectivity index is 0.000000626. The number of rotatable bonds is 12. The van der Waals surface area contributed by atoms with Gasteiger partial charge in [-0.15, -0.1) is 20.1 Å². The number of benzene rings is 1. The summed E-state index contributed by atoms with van der Waals surface area (Å²) in [6.07, 6.45) is 1.56. The second-order valence-electron chi connectivity index (χ2n) is 7.62. The predicted molar refractivity (Wildman–Crippen MR) is 138 cm³/mol. The highest BCUT2D eigenvalue weighted by molar-refractivity contribution is 7.15. The monoisotopic (exact) mass is 500 g/mol. The Morgan fingerprint density at radius 1 is 1.15 bits per heavy atom. The summed E-state index contributed by atoms with van der Waals surface area (Å²) in [6.45, 7) is 16.2. The fraction of sp³-hybridized carbons (Fsp3) is 0.600. The minimum atomic E-state index is -3.66. The lowest BCUT2D eigenvalue weighted by atomic mass is 10.2. The number of nitrogens with one attached hydrogen (secondary N) is 1. The van der Waals surface area contributed by atoms with Gasteiger partial charge in [-0.05, 0) is 63.5 Å². The summed E-state index contributed by atoms with van der Waals surface area (Å²) in [6, 6.07) is 6.30. The summed E-state index contributed by atoms with van der Waals surface area (Å²) in [5, 5.41) is 4.10. The largest absolute Gasteiger partial charge is 0.466 e. The van der Waals surface area contributed by atoms with Crippen LogP contribution in [0.2, 0.25) is 0 Å². The Kier molecular flexibility index (Phi) is 17.1. The molecule has 0 aliphatic heterocycles. The zero-order chi connectivity index (χ0) is 26.0. The molecule has 0 bridgehead atoms. The Bertz CT molecular complexity index is 780. The van der Waals surface area contributed by atoms with E-state index in [1.165, 1.54) is 23.4 Å². The number of nitrogens with two attached hydrogens (primary N) is 1. The average molecular weight is 501 g/mol. The fourth-order valence-electron chi connectivity index (χ4n) is 2.79. The van der Waals surface area contributed by atoms with Gasteiger partial charge in [-0.25, -0.2) is 10.7 Å². The molecular weight excluding hydrogens is 458 g/mol. The van der Waals surface area contributed by atoms with Gasteiger partial charge in [0.2, 0.25) is 6.41 Å². The van der Waals surface area contributed by atoms with Gasteiger partial charge >= 0.3 is 6.23 Å². The highest BCUT2D eigenvalue weighted by Gasteiger charge is 2.24. The normalized spacial score (nSPS) is 10.5. The lowest BCUT2D eigenvalue weighted by Crippen LogP contribution is -2.35. The summed E-state index contributed by atoms with van der Waals surface area (Å²) >= 11 is 1.61. The van der Waals surface area contributed by atoms with Gasteiger partial charge in [-0.2, -0.15) is 0 Å². The molecule has 6 nitrogen and oxygen atoms in total. The molecule has 0 aliphatic carbocycles. The average Bonchev–Trinajstić information content (AvgIpc) is 3.17. The molecule has 0 radical (unpaired) electrons. The zero-order valence-electron chi connectivity index (χ0n) is 21.5. The second-order valence-corrected chi connectivity index (χ2v) is 8.71. The number of ether oxygens (including phenoxy) is 1. The van der Waals surface area contributed by atoms with E-state index in [1.807, 2.05) is 11.8 Å². The first kappa shape index (κ1) is 31.9. The molecule has 1 heterocycles. The molecule has 0 fully saturated rings. The van der Waals surface area contributed by atoms with E-state index in [9.17, 15) is 13.6 Å². The molecule has 1 aromatic carbocycles. The van der Waals surface area contributed by atoms with Crippen LogP contribution in [0.4, 0.5) is 8.78 Å². The van der Waals surface area contributed by atoms with Crippen LogP contribution in [-0.2, 0) is 11.2 Å². The Morgan fingerprint density at radius 2 is 1.76 bits per heavy atom.